The van der Waals surface area contributed by atoms with Crippen LogP contribution in [0.25, 0.3) is 6.08 Å². The van der Waals surface area contributed by atoms with Crippen LogP contribution in [0.5, 0.6) is 11.5 Å². The third kappa shape index (κ3) is 6.45. The van der Waals surface area contributed by atoms with Gasteiger partial charge in [-0.2, -0.15) is 0 Å². The zero-order valence-corrected chi connectivity index (χ0v) is 27.5. The average molecular weight is 636 g/mol. The van der Waals surface area contributed by atoms with E-state index in [1.807, 2.05) is 57.2 Å². The maximum absolute atomic E-state index is 12.8. The zero-order valence-electron chi connectivity index (χ0n) is 26.7. The topological polar surface area (TPSA) is 89.0 Å². The number of nitrogens with zero attached hydrogens (tertiary/aromatic N) is 1. The quantitative estimate of drug-likeness (QED) is 0.232. The van der Waals surface area contributed by atoms with Crippen molar-refractivity contribution in [2.45, 2.75) is 64.7 Å². The van der Waals surface area contributed by atoms with E-state index in [-0.39, 0.29) is 18.4 Å². The number of thioether (sulfide) groups is 1. The molecular weight excluding hydrogens is 595 g/mol. The van der Waals surface area contributed by atoms with E-state index in [0.29, 0.717) is 33.6 Å². The molecule has 2 amide bonds. The molecule has 5 aliphatic rings. The number of nitrogens with one attached hydrogen (secondary N) is 2. The van der Waals surface area contributed by atoms with Gasteiger partial charge in [0.15, 0.2) is 23.3 Å². The van der Waals surface area contributed by atoms with Gasteiger partial charge in [0.2, 0.25) is 0 Å². The standard InChI is InChI=1S/C38H41N3O4S/c1-4-44-33-17-25(18-34-36(43)41-37(46-34)40-31-11-5-23(2)13-24(31)3)6-12-32(33)45-22-35(42)39-30-9-7-29(8-10-30)38-19-26-14-27(20-38)16-28(15-26)21-38/h5-13,17-18,26-28H,4,14-16,19-22H2,1-3H3,(H,39,42)(H,40,41,43)/b34-18+. The first kappa shape index (κ1) is 30.6. The minimum absolute atomic E-state index is 0.145. The third-order valence-electron chi connectivity index (χ3n) is 9.97. The Morgan fingerprint density at radius 3 is 2.35 bits per heavy atom. The number of benzene rings is 3. The summed E-state index contributed by atoms with van der Waals surface area (Å²) in [6, 6.07) is 20.0. The number of hydrogen-bond donors (Lipinski definition) is 2. The SMILES string of the molecule is CCOc1cc(/C=C2/SC(=Nc3ccc(C)cc3C)NC2=O)ccc1OCC(=O)Nc1ccc(C23CC4CC(CC(C4)C2)C3)cc1. The number of ether oxygens (including phenoxy) is 2. The molecule has 8 heteroatoms. The zero-order chi connectivity index (χ0) is 31.8. The lowest BCUT2D eigenvalue weighted by molar-refractivity contribution is -0.118. The summed E-state index contributed by atoms with van der Waals surface area (Å²) in [7, 11) is 0. The van der Waals surface area contributed by atoms with Gasteiger partial charge in [0.05, 0.1) is 17.2 Å². The molecule has 7 nitrogen and oxygen atoms in total. The smallest absolute Gasteiger partial charge is 0.264 e. The van der Waals surface area contributed by atoms with Gasteiger partial charge in [-0.25, -0.2) is 4.99 Å². The van der Waals surface area contributed by atoms with Crippen LogP contribution in [0.3, 0.4) is 0 Å². The summed E-state index contributed by atoms with van der Waals surface area (Å²) in [6.45, 7) is 6.23. The Kier molecular flexibility index (Phi) is 8.40. The highest BCUT2D eigenvalue weighted by molar-refractivity contribution is 8.18. The van der Waals surface area contributed by atoms with Crippen LogP contribution in [-0.2, 0) is 15.0 Å². The molecule has 8 rings (SSSR count). The van der Waals surface area contributed by atoms with Crippen LogP contribution in [-0.4, -0.2) is 30.2 Å². The number of amidine groups is 1. The van der Waals surface area contributed by atoms with Crippen molar-refractivity contribution in [3.63, 3.8) is 0 Å². The minimum atomic E-state index is -0.231. The summed E-state index contributed by atoms with van der Waals surface area (Å²) in [5.41, 5.74) is 6.39. The van der Waals surface area contributed by atoms with Gasteiger partial charge in [-0.05, 0) is 147 Å². The Morgan fingerprint density at radius 2 is 1.67 bits per heavy atom. The molecular formula is C38H41N3O4S. The lowest BCUT2D eigenvalue weighted by atomic mass is 9.48. The fraction of sp³-hybridized carbons (Fsp3) is 0.395. The summed E-state index contributed by atoms with van der Waals surface area (Å²) in [4.78, 5) is 30.7. The minimum Gasteiger partial charge on any atom is -0.490 e. The van der Waals surface area contributed by atoms with E-state index in [0.717, 1.165) is 40.3 Å². The molecule has 1 aliphatic heterocycles. The summed E-state index contributed by atoms with van der Waals surface area (Å²) in [6.07, 6.45) is 10.1. The molecule has 0 unspecified atom stereocenters. The van der Waals surface area contributed by atoms with Crippen molar-refractivity contribution in [2.24, 2.45) is 22.7 Å². The van der Waals surface area contributed by atoms with Crippen molar-refractivity contribution >= 4 is 46.2 Å². The summed E-state index contributed by atoms with van der Waals surface area (Å²) < 4.78 is 11.7. The van der Waals surface area contributed by atoms with Gasteiger partial charge in [-0.15, -0.1) is 0 Å². The number of hydrogen-bond acceptors (Lipinski definition) is 6. The lowest BCUT2D eigenvalue weighted by Gasteiger charge is -2.57. The van der Waals surface area contributed by atoms with E-state index in [1.54, 1.807) is 12.1 Å². The number of carbonyl (C=O) groups excluding carboxylic acids is 2. The highest BCUT2D eigenvalue weighted by Crippen LogP contribution is 2.60. The van der Waals surface area contributed by atoms with E-state index >= 15 is 0 Å². The highest BCUT2D eigenvalue weighted by Gasteiger charge is 2.51. The largest absolute Gasteiger partial charge is 0.490 e. The Hall–Kier alpha value is -4.04. The van der Waals surface area contributed by atoms with E-state index in [4.69, 9.17) is 9.47 Å². The predicted molar refractivity (Wildman–Crippen MR) is 185 cm³/mol. The van der Waals surface area contributed by atoms with Crippen molar-refractivity contribution in [3.8, 4) is 11.5 Å². The van der Waals surface area contributed by atoms with Crippen LogP contribution >= 0.6 is 11.8 Å². The lowest BCUT2D eigenvalue weighted by Crippen LogP contribution is -2.48. The first-order valence-electron chi connectivity index (χ1n) is 16.4. The molecule has 0 aromatic heterocycles. The van der Waals surface area contributed by atoms with Gasteiger partial charge < -0.3 is 20.1 Å². The Bertz CT molecular complexity index is 1690. The molecule has 1 saturated heterocycles. The van der Waals surface area contributed by atoms with Crippen LogP contribution < -0.4 is 20.1 Å². The van der Waals surface area contributed by atoms with Crippen LogP contribution in [0, 0.1) is 31.6 Å². The van der Waals surface area contributed by atoms with Crippen molar-refractivity contribution < 1.29 is 19.1 Å². The van der Waals surface area contributed by atoms with Crippen LogP contribution in [0.15, 0.2) is 70.6 Å². The van der Waals surface area contributed by atoms with E-state index in [9.17, 15) is 9.59 Å². The molecule has 3 aromatic rings. The van der Waals surface area contributed by atoms with E-state index in [1.165, 1.54) is 61.4 Å². The molecule has 2 N–H and O–H groups in total. The highest BCUT2D eigenvalue weighted by atomic mass is 32.2. The molecule has 4 aliphatic carbocycles. The van der Waals surface area contributed by atoms with Crippen LogP contribution in [0.2, 0.25) is 0 Å². The van der Waals surface area contributed by atoms with Crippen molar-refractivity contribution in [3.05, 3.63) is 87.8 Å². The summed E-state index contributed by atoms with van der Waals surface area (Å²) in [5.74, 6) is 3.25. The second kappa shape index (κ2) is 12.6. The monoisotopic (exact) mass is 635 g/mol. The fourth-order valence-electron chi connectivity index (χ4n) is 8.39. The number of anilines is 1. The van der Waals surface area contributed by atoms with E-state index in [2.05, 4.69) is 33.8 Å². The first-order chi connectivity index (χ1) is 22.2. The first-order valence-corrected chi connectivity index (χ1v) is 17.2. The maximum Gasteiger partial charge on any atom is 0.264 e. The molecule has 0 atom stereocenters. The predicted octanol–water partition coefficient (Wildman–Crippen LogP) is 8.08. The Balaban J connectivity index is 0.975. The molecule has 238 valence electrons. The van der Waals surface area contributed by atoms with Gasteiger partial charge in [-0.3, -0.25) is 9.59 Å². The van der Waals surface area contributed by atoms with Gasteiger partial charge in [0, 0.05) is 5.69 Å². The molecule has 4 bridgehead atoms. The van der Waals surface area contributed by atoms with E-state index < -0.39 is 0 Å². The molecule has 4 saturated carbocycles. The molecule has 46 heavy (non-hydrogen) atoms. The van der Waals surface area contributed by atoms with Gasteiger partial charge in [-0.1, -0.05) is 35.9 Å². The second-order valence-corrected chi connectivity index (χ2v) is 14.6. The van der Waals surface area contributed by atoms with Crippen LogP contribution in [0.1, 0.15) is 67.7 Å². The second-order valence-electron chi connectivity index (χ2n) is 13.5. The summed E-state index contributed by atoms with van der Waals surface area (Å²) in [5, 5.41) is 6.38. The Labute approximate surface area is 275 Å². The number of carbonyl (C=O) groups is 2. The van der Waals surface area contributed by atoms with Crippen molar-refractivity contribution in [1.29, 1.82) is 0 Å². The molecule has 1 heterocycles. The van der Waals surface area contributed by atoms with Crippen molar-refractivity contribution in [1.82, 2.24) is 5.32 Å². The Morgan fingerprint density at radius 1 is 0.957 bits per heavy atom. The van der Waals surface area contributed by atoms with Crippen LogP contribution in [0.4, 0.5) is 11.4 Å². The fourth-order valence-corrected chi connectivity index (χ4v) is 9.22. The number of aryl methyl sites for hydroxylation is 2. The number of rotatable bonds is 9. The number of amides is 2. The molecule has 5 fully saturated rings. The summed E-state index contributed by atoms with van der Waals surface area (Å²) >= 11 is 1.30. The molecule has 0 radical (unpaired) electrons. The van der Waals surface area contributed by atoms with Crippen molar-refractivity contribution in [2.75, 3.05) is 18.5 Å². The van der Waals surface area contributed by atoms with Gasteiger partial charge in [0.1, 0.15) is 0 Å². The van der Waals surface area contributed by atoms with Gasteiger partial charge in [0.25, 0.3) is 11.8 Å². The number of aliphatic imine (C=N–C) groups is 1. The third-order valence-corrected chi connectivity index (χ3v) is 10.9. The maximum atomic E-state index is 12.8. The molecule has 0 spiro atoms. The average Bonchev–Trinajstić information content (AvgIpc) is 3.36. The normalized spacial score (nSPS) is 26.4. The molecule has 3 aromatic carbocycles. The van der Waals surface area contributed by atoms with Gasteiger partial charge >= 0.3 is 0 Å².